The van der Waals surface area contributed by atoms with Gasteiger partial charge in [-0.3, -0.25) is 4.79 Å². The predicted molar refractivity (Wildman–Crippen MR) is 57.9 cm³/mol. The molecule has 3 nitrogen and oxygen atoms in total. The number of hydrogen-bond donors (Lipinski definition) is 0. The normalized spacial score (nSPS) is 10.1. The molecule has 0 aromatic heterocycles. The summed E-state index contributed by atoms with van der Waals surface area (Å²) in [6, 6.07) is 7.42. The molecule has 1 aromatic rings. The third-order valence-corrected chi connectivity index (χ3v) is 1.85. The maximum Gasteiger partial charge on any atom is 0.310 e. The quantitative estimate of drug-likeness (QED) is 0.711. The van der Waals surface area contributed by atoms with E-state index in [2.05, 4.69) is 0 Å². The Labute approximate surface area is 90.0 Å². The largest absolute Gasteiger partial charge is 0.497 e. The van der Waals surface area contributed by atoms with Gasteiger partial charge in [0.25, 0.3) is 0 Å². The zero-order valence-electron chi connectivity index (χ0n) is 9.32. The van der Waals surface area contributed by atoms with Crippen molar-refractivity contribution >= 4 is 5.97 Å². The Balaban J connectivity index is 2.60. The molecule has 0 spiro atoms. The third kappa shape index (κ3) is 4.02. The fourth-order valence-electron chi connectivity index (χ4n) is 1.25. The first-order valence-corrected chi connectivity index (χ1v) is 4.94. The predicted octanol–water partition coefficient (Wildman–Crippen LogP) is 2.19. The van der Waals surface area contributed by atoms with E-state index in [1.54, 1.807) is 7.11 Å². The summed E-state index contributed by atoms with van der Waals surface area (Å²) in [6.07, 6.45) is 0.221. The third-order valence-electron chi connectivity index (χ3n) is 1.85. The first-order chi connectivity index (χ1) is 7.11. The van der Waals surface area contributed by atoms with Crippen LogP contribution in [0, 0.1) is 0 Å². The summed E-state index contributed by atoms with van der Waals surface area (Å²) >= 11 is 0. The zero-order valence-corrected chi connectivity index (χ0v) is 9.32. The number of carbonyl (C=O) groups excluding carboxylic acids is 1. The molecule has 0 aliphatic heterocycles. The van der Waals surface area contributed by atoms with Gasteiger partial charge in [0.05, 0.1) is 19.6 Å². The van der Waals surface area contributed by atoms with Crippen LogP contribution in [0.3, 0.4) is 0 Å². The van der Waals surface area contributed by atoms with Crippen molar-refractivity contribution < 1.29 is 14.3 Å². The van der Waals surface area contributed by atoms with Crippen molar-refractivity contribution in [2.45, 2.75) is 26.4 Å². The summed E-state index contributed by atoms with van der Waals surface area (Å²) in [4.78, 5) is 11.4. The van der Waals surface area contributed by atoms with Crippen LogP contribution in [0.5, 0.6) is 5.75 Å². The van der Waals surface area contributed by atoms with Crippen LogP contribution in [-0.2, 0) is 16.0 Å². The molecule has 0 radical (unpaired) electrons. The average molecular weight is 208 g/mol. The summed E-state index contributed by atoms with van der Waals surface area (Å²) in [5.74, 6) is 0.545. The molecule has 0 fully saturated rings. The van der Waals surface area contributed by atoms with E-state index < -0.39 is 0 Å². The molecule has 3 heteroatoms. The maximum atomic E-state index is 11.4. The lowest BCUT2D eigenvalue weighted by atomic mass is 10.1. The Bertz CT molecular complexity index is 331. The van der Waals surface area contributed by atoms with E-state index >= 15 is 0 Å². The van der Waals surface area contributed by atoms with Crippen LogP contribution in [0.25, 0.3) is 0 Å². The van der Waals surface area contributed by atoms with E-state index in [0.717, 1.165) is 11.3 Å². The molecule has 0 saturated carbocycles. The van der Waals surface area contributed by atoms with Gasteiger partial charge in [-0.1, -0.05) is 12.1 Å². The van der Waals surface area contributed by atoms with Crippen LogP contribution < -0.4 is 4.74 Å². The minimum Gasteiger partial charge on any atom is -0.497 e. The summed E-state index contributed by atoms with van der Waals surface area (Å²) < 4.78 is 10.1. The second-order valence-corrected chi connectivity index (χ2v) is 3.57. The Hall–Kier alpha value is -1.51. The van der Waals surface area contributed by atoms with Crippen LogP contribution in [0.4, 0.5) is 0 Å². The van der Waals surface area contributed by atoms with Gasteiger partial charge >= 0.3 is 5.97 Å². The molecule has 0 amide bonds. The molecule has 82 valence electrons. The molecular weight excluding hydrogens is 192 g/mol. The van der Waals surface area contributed by atoms with E-state index in [9.17, 15) is 4.79 Å². The van der Waals surface area contributed by atoms with Gasteiger partial charge in [0.15, 0.2) is 0 Å². The lowest BCUT2D eigenvalue weighted by molar-refractivity contribution is -0.146. The second kappa shape index (κ2) is 5.39. The Kier molecular flexibility index (Phi) is 4.16. The molecular formula is C12H16O3. The van der Waals surface area contributed by atoms with E-state index in [-0.39, 0.29) is 18.5 Å². The van der Waals surface area contributed by atoms with Crippen molar-refractivity contribution in [2.75, 3.05) is 7.11 Å². The molecule has 0 heterocycles. The molecule has 0 aliphatic rings. The number of hydrogen-bond acceptors (Lipinski definition) is 3. The van der Waals surface area contributed by atoms with Gasteiger partial charge in [-0.2, -0.15) is 0 Å². The molecule has 15 heavy (non-hydrogen) atoms. The smallest absolute Gasteiger partial charge is 0.310 e. The number of rotatable bonds is 4. The number of esters is 1. The minimum absolute atomic E-state index is 0.0666. The molecule has 0 bridgehead atoms. The highest BCUT2D eigenvalue weighted by Crippen LogP contribution is 2.13. The van der Waals surface area contributed by atoms with Gasteiger partial charge in [-0.05, 0) is 31.5 Å². The molecule has 0 N–H and O–H groups in total. The van der Waals surface area contributed by atoms with Gasteiger partial charge in [-0.15, -0.1) is 0 Å². The zero-order chi connectivity index (χ0) is 11.3. The van der Waals surface area contributed by atoms with Crippen molar-refractivity contribution in [3.8, 4) is 5.75 Å². The van der Waals surface area contributed by atoms with Gasteiger partial charge in [0.1, 0.15) is 5.75 Å². The first-order valence-electron chi connectivity index (χ1n) is 4.94. The van der Waals surface area contributed by atoms with E-state index in [4.69, 9.17) is 9.47 Å². The van der Waals surface area contributed by atoms with Crippen LogP contribution in [0.1, 0.15) is 19.4 Å². The Morgan fingerprint density at radius 3 is 2.73 bits per heavy atom. The second-order valence-electron chi connectivity index (χ2n) is 3.57. The van der Waals surface area contributed by atoms with Gasteiger partial charge in [-0.25, -0.2) is 0 Å². The number of ether oxygens (including phenoxy) is 2. The number of carbonyl (C=O) groups is 1. The van der Waals surface area contributed by atoms with Crippen molar-refractivity contribution in [1.29, 1.82) is 0 Å². The summed E-state index contributed by atoms with van der Waals surface area (Å²) in [7, 11) is 1.60. The Morgan fingerprint density at radius 1 is 1.40 bits per heavy atom. The van der Waals surface area contributed by atoms with Gasteiger partial charge < -0.3 is 9.47 Å². The van der Waals surface area contributed by atoms with Crippen molar-refractivity contribution in [3.63, 3.8) is 0 Å². The van der Waals surface area contributed by atoms with Crippen LogP contribution in [0.2, 0.25) is 0 Å². The highest BCUT2D eigenvalue weighted by atomic mass is 16.5. The standard InChI is InChI=1S/C12H16O3/c1-9(2)15-12(13)8-10-5-4-6-11(7-10)14-3/h4-7,9H,8H2,1-3H3. The molecule has 0 atom stereocenters. The lowest BCUT2D eigenvalue weighted by Gasteiger charge is -2.08. The van der Waals surface area contributed by atoms with Crippen molar-refractivity contribution in [3.05, 3.63) is 29.8 Å². The highest BCUT2D eigenvalue weighted by molar-refractivity contribution is 5.72. The van der Waals surface area contributed by atoms with E-state index in [0.29, 0.717) is 0 Å². The average Bonchev–Trinajstić information content (AvgIpc) is 2.16. The fraction of sp³-hybridized carbons (Fsp3) is 0.417. The Morgan fingerprint density at radius 2 is 2.13 bits per heavy atom. The van der Waals surface area contributed by atoms with Crippen LogP contribution in [0.15, 0.2) is 24.3 Å². The monoisotopic (exact) mass is 208 g/mol. The van der Waals surface area contributed by atoms with E-state index in [1.807, 2.05) is 38.1 Å². The molecule has 0 saturated heterocycles. The summed E-state index contributed by atoms with van der Waals surface area (Å²) in [5, 5.41) is 0. The van der Waals surface area contributed by atoms with Gasteiger partial charge in [0.2, 0.25) is 0 Å². The first kappa shape index (κ1) is 11.6. The highest BCUT2D eigenvalue weighted by Gasteiger charge is 2.07. The summed E-state index contributed by atoms with van der Waals surface area (Å²) in [6.45, 7) is 3.67. The SMILES string of the molecule is COc1cccc(CC(=O)OC(C)C)c1. The molecule has 0 aliphatic carbocycles. The number of methoxy groups -OCH3 is 1. The van der Waals surface area contributed by atoms with Crippen molar-refractivity contribution in [1.82, 2.24) is 0 Å². The number of benzene rings is 1. The topological polar surface area (TPSA) is 35.5 Å². The van der Waals surface area contributed by atoms with Crippen LogP contribution >= 0.6 is 0 Å². The molecule has 1 rings (SSSR count). The summed E-state index contributed by atoms with van der Waals surface area (Å²) in [5.41, 5.74) is 0.903. The minimum atomic E-state index is -0.210. The fourth-order valence-corrected chi connectivity index (χ4v) is 1.25. The van der Waals surface area contributed by atoms with Crippen molar-refractivity contribution in [2.24, 2.45) is 0 Å². The van der Waals surface area contributed by atoms with Gasteiger partial charge in [0, 0.05) is 0 Å². The lowest BCUT2D eigenvalue weighted by Crippen LogP contribution is -2.13. The maximum absolute atomic E-state index is 11.4. The van der Waals surface area contributed by atoms with E-state index in [1.165, 1.54) is 0 Å². The van der Waals surface area contributed by atoms with Crippen LogP contribution in [-0.4, -0.2) is 19.2 Å². The molecule has 1 aromatic carbocycles. The molecule has 0 unspecified atom stereocenters.